The van der Waals surface area contributed by atoms with Gasteiger partial charge in [-0.05, 0) is 18.9 Å². The minimum Gasteiger partial charge on any atom is -0.389 e. The summed E-state index contributed by atoms with van der Waals surface area (Å²) in [7, 11) is 2.09. The standard InChI is InChI=1S/C14H23NO/c1-5-11(2)10-15(4)14-9-7-6-8-13(14)12(3)16/h6-9,11-12,16H,5,10H2,1-4H3/t11?,12-/m1/s1. The Balaban J connectivity index is 2.85. The minimum atomic E-state index is -0.407. The van der Waals surface area contributed by atoms with Crippen LogP contribution in [0.25, 0.3) is 0 Å². The van der Waals surface area contributed by atoms with Crippen molar-refractivity contribution in [1.29, 1.82) is 0 Å². The van der Waals surface area contributed by atoms with E-state index in [9.17, 15) is 5.11 Å². The maximum absolute atomic E-state index is 9.72. The summed E-state index contributed by atoms with van der Waals surface area (Å²) in [6.07, 6.45) is 0.775. The molecule has 0 radical (unpaired) electrons. The van der Waals surface area contributed by atoms with Gasteiger partial charge in [0.2, 0.25) is 0 Å². The molecule has 0 aliphatic carbocycles. The number of hydrogen-bond acceptors (Lipinski definition) is 2. The summed E-state index contributed by atoms with van der Waals surface area (Å²) in [6.45, 7) is 7.30. The lowest BCUT2D eigenvalue weighted by molar-refractivity contribution is 0.199. The molecule has 0 bridgehead atoms. The molecule has 2 nitrogen and oxygen atoms in total. The summed E-state index contributed by atoms with van der Waals surface area (Å²) in [5.41, 5.74) is 2.14. The maximum Gasteiger partial charge on any atom is 0.0781 e. The van der Waals surface area contributed by atoms with E-state index < -0.39 is 6.10 Å². The summed E-state index contributed by atoms with van der Waals surface area (Å²) >= 11 is 0. The normalized spacial score (nSPS) is 14.6. The third-order valence-electron chi connectivity index (χ3n) is 3.08. The highest BCUT2D eigenvalue weighted by Crippen LogP contribution is 2.25. The highest BCUT2D eigenvalue weighted by Gasteiger charge is 2.12. The molecule has 0 spiro atoms. The summed E-state index contributed by atoms with van der Waals surface area (Å²) in [4.78, 5) is 2.23. The molecule has 1 aromatic carbocycles. The van der Waals surface area contributed by atoms with Crippen molar-refractivity contribution < 1.29 is 5.11 Å². The highest BCUT2D eigenvalue weighted by atomic mass is 16.3. The van der Waals surface area contributed by atoms with Gasteiger partial charge in [0.1, 0.15) is 0 Å². The molecule has 2 heteroatoms. The zero-order valence-corrected chi connectivity index (χ0v) is 10.8. The molecule has 0 amide bonds. The zero-order valence-electron chi connectivity index (χ0n) is 10.8. The van der Waals surface area contributed by atoms with Crippen molar-refractivity contribution in [3.63, 3.8) is 0 Å². The molecule has 1 N–H and O–H groups in total. The smallest absolute Gasteiger partial charge is 0.0781 e. The van der Waals surface area contributed by atoms with Crippen molar-refractivity contribution >= 4 is 5.69 Å². The molecule has 0 saturated heterocycles. The van der Waals surface area contributed by atoms with Gasteiger partial charge in [-0.25, -0.2) is 0 Å². The van der Waals surface area contributed by atoms with Crippen molar-refractivity contribution in [2.24, 2.45) is 5.92 Å². The molecule has 0 heterocycles. The monoisotopic (exact) mass is 221 g/mol. The summed E-state index contributed by atoms with van der Waals surface area (Å²) in [6, 6.07) is 8.06. The van der Waals surface area contributed by atoms with Gasteiger partial charge in [-0.3, -0.25) is 0 Å². The molecule has 2 atom stereocenters. The van der Waals surface area contributed by atoms with Crippen LogP contribution in [0.2, 0.25) is 0 Å². The lowest BCUT2D eigenvalue weighted by Gasteiger charge is -2.26. The predicted molar refractivity (Wildman–Crippen MR) is 69.8 cm³/mol. The average molecular weight is 221 g/mol. The average Bonchev–Trinajstić information content (AvgIpc) is 2.28. The molecular formula is C14H23NO. The van der Waals surface area contributed by atoms with E-state index in [1.807, 2.05) is 25.1 Å². The lowest BCUT2D eigenvalue weighted by Crippen LogP contribution is -2.24. The van der Waals surface area contributed by atoms with Crippen LogP contribution in [-0.2, 0) is 0 Å². The third kappa shape index (κ3) is 3.24. The second-order valence-electron chi connectivity index (χ2n) is 4.63. The van der Waals surface area contributed by atoms with E-state index in [2.05, 4.69) is 31.9 Å². The molecule has 0 aliphatic rings. The Morgan fingerprint density at radius 1 is 1.25 bits per heavy atom. The fourth-order valence-electron chi connectivity index (χ4n) is 1.88. The molecule has 1 unspecified atom stereocenters. The van der Waals surface area contributed by atoms with Crippen LogP contribution in [0.15, 0.2) is 24.3 Å². The van der Waals surface area contributed by atoms with Crippen LogP contribution in [0.4, 0.5) is 5.69 Å². The fourth-order valence-corrected chi connectivity index (χ4v) is 1.88. The molecule has 0 aromatic heterocycles. The first kappa shape index (κ1) is 13.0. The molecule has 16 heavy (non-hydrogen) atoms. The first-order valence-corrected chi connectivity index (χ1v) is 6.04. The number of nitrogens with zero attached hydrogens (tertiary/aromatic N) is 1. The first-order chi connectivity index (χ1) is 7.56. The van der Waals surface area contributed by atoms with E-state index >= 15 is 0 Å². The van der Waals surface area contributed by atoms with Gasteiger partial charge in [0, 0.05) is 24.8 Å². The predicted octanol–water partition coefficient (Wildman–Crippen LogP) is 3.22. The van der Waals surface area contributed by atoms with Gasteiger partial charge in [0.25, 0.3) is 0 Å². The van der Waals surface area contributed by atoms with Gasteiger partial charge in [-0.15, -0.1) is 0 Å². The number of benzene rings is 1. The quantitative estimate of drug-likeness (QED) is 0.825. The maximum atomic E-state index is 9.72. The van der Waals surface area contributed by atoms with E-state index in [-0.39, 0.29) is 0 Å². The molecule has 1 rings (SSSR count). The van der Waals surface area contributed by atoms with Crippen LogP contribution in [0.3, 0.4) is 0 Å². The zero-order chi connectivity index (χ0) is 12.1. The number of para-hydroxylation sites is 1. The fraction of sp³-hybridized carbons (Fsp3) is 0.571. The van der Waals surface area contributed by atoms with Gasteiger partial charge >= 0.3 is 0 Å². The summed E-state index contributed by atoms with van der Waals surface area (Å²) in [5.74, 6) is 0.673. The van der Waals surface area contributed by atoms with Crippen LogP contribution >= 0.6 is 0 Å². The number of rotatable bonds is 5. The van der Waals surface area contributed by atoms with E-state index in [0.717, 1.165) is 17.8 Å². The number of anilines is 1. The van der Waals surface area contributed by atoms with Gasteiger partial charge < -0.3 is 10.0 Å². The Morgan fingerprint density at radius 2 is 1.88 bits per heavy atom. The van der Waals surface area contributed by atoms with Gasteiger partial charge in [-0.1, -0.05) is 38.5 Å². The first-order valence-electron chi connectivity index (χ1n) is 6.04. The number of aliphatic hydroxyl groups is 1. The van der Waals surface area contributed by atoms with Crippen LogP contribution in [0.5, 0.6) is 0 Å². The topological polar surface area (TPSA) is 23.5 Å². The van der Waals surface area contributed by atoms with E-state index in [1.54, 1.807) is 0 Å². The van der Waals surface area contributed by atoms with Crippen LogP contribution in [0, 0.1) is 5.92 Å². The molecule has 0 aliphatic heterocycles. The Labute approximate surface area is 98.9 Å². The van der Waals surface area contributed by atoms with E-state index in [0.29, 0.717) is 5.92 Å². The third-order valence-corrected chi connectivity index (χ3v) is 3.08. The molecule has 0 saturated carbocycles. The van der Waals surface area contributed by atoms with Gasteiger partial charge in [-0.2, -0.15) is 0 Å². The Hall–Kier alpha value is -1.02. The minimum absolute atomic E-state index is 0.407. The Kier molecular flexibility index (Phi) is 4.81. The van der Waals surface area contributed by atoms with Gasteiger partial charge in [0.05, 0.1) is 6.10 Å². The Bertz CT molecular complexity index is 322. The highest BCUT2D eigenvalue weighted by molar-refractivity contribution is 5.53. The molecule has 0 fully saturated rings. The second kappa shape index (κ2) is 5.90. The summed E-state index contributed by atoms with van der Waals surface area (Å²) in [5, 5.41) is 9.72. The molecule has 90 valence electrons. The van der Waals surface area contributed by atoms with Crippen molar-refractivity contribution in [3.05, 3.63) is 29.8 Å². The number of aliphatic hydroxyl groups excluding tert-OH is 1. The largest absolute Gasteiger partial charge is 0.389 e. The van der Waals surface area contributed by atoms with E-state index in [1.165, 1.54) is 6.42 Å². The van der Waals surface area contributed by atoms with Crippen molar-refractivity contribution in [2.45, 2.75) is 33.3 Å². The molecular weight excluding hydrogens is 198 g/mol. The SMILES string of the molecule is CCC(C)CN(C)c1ccccc1[C@@H](C)O. The number of hydrogen-bond donors (Lipinski definition) is 1. The van der Waals surface area contributed by atoms with Crippen LogP contribution < -0.4 is 4.90 Å². The van der Waals surface area contributed by atoms with Crippen molar-refractivity contribution in [2.75, 3.05) is 18.5 Å². The van der Waals surface area contributed by atoms with Crippen LogP contribution in [-0.4, -0.2) is 18.7 Å². The summed E-state index contributed by atoms with van der Waals surface area (Å²) < 4.78 is 0. The van der Waals surface area contributed by atoms with Crippen molar-refractivity contribution in [1.82, 2.24) is 0 Å². The van der Waals surface area contributed by atoms with Crippen molar-refractivity contribution in [3.8, 4) is 0 Å². The second-order valence-corrected chi connectivity index (χ2v) is 4.63. The van der Waals surface area contributed by atoms with Gasteiger partial charge in [0.15, 0.2) is 0 Å². The van der Waals surface area contributed by atoms with E-state index in [4.69, 9.17) is 0 Å². The Morgan fingerprint density at radius 3 is 2.44 bits per heavy atom. The molecule has 1 aromatic rings. The lowest BCUT2D eigenvalue weighted by atomic mass is 10.1. The van der Waals surface area contributed by atoms with Crippen LogP contribution in [0.1, 0.15) is 38.9 Å².